The summed E-state index contributed by atoms with van der Waals surface area (Å²) in [6.45, 7) is 1.87. The Morgan fingerprint density at radius 3 is 2.41 bits per heavy atom. The third-order valence-corrected chi connectivity index (χ3v) is 5.44. The summed E-state index contributed by atoms with van der Waals surface area (Å²) in [5.41, 5.74) is 1.49. The lowest BCUT2D eigenvalue weighted by atomic mass is 10.1. The van der Waals surface area contributed by atoms with Crippen LogP contribution in [0.5, 0.6) is 5.75 Å². The van der Waals surface area contributed by atoms with Crippen LogP contribution in [-0.4, -0.2) is 25.9 Å². The molecule has 0 spiro atoms. The number of benzene rings is 2. The van der Waals surface area contributed by atoms with Gasteiger partial charge in [-0.3, -0.25) is 9.52 Å². The molecule has 0 aliphatic rings. The Labute approximate surface area is 169 Å². The van der Waals surface area contributed by atoms with Gasteiger partial charge in [-0.15, -0.1) is 0 Å². The van der Waals surface area contributed by atoms with Crippen LogP contribution in [0.2, 0.25) is 0 Å². The van der Waals surface area contributed by atoms with Gasteiger partial charge >= 0.3 is 0 Å². The molecule has 3 rings (SSSR count). The molecule has 0 bridgehead atoms. The summed E-state index contributed by atoms with van der Waals surface area (Å²) in [5.74, 6) is 0.569. The SMILES string of the molecule is CCc1ccccc1OCC(=O)Nc1ccc(S(=O)(=O)Nc2ccccn2)cc1. The van der Waals surface area contributed by atoms with Crippen molar-refractivity contribution in [1.29, 1.82) is 0 Å². The molecule has 0 saturated carbocycles. The van der Waals surface area contributed by atoms with E-state index in [9.17, 15) is 13.2 Å². The van der Waals surface area contributed by atoms with E-state index in [-0.39, 0.29) is 23.2 Å². The van der Waals surface area contributed by atoms with Gasteiger partial charge < -0.3 is 10.1 Å². The molecule has 0 aliphatic carbocycles. The minimum absolute atomic E-state index is 0.0641. The van der Waals surface area contributed by atoms with Gasteiger partial charge in [0.05, 0.1) is 4.90 Å². The summed E-state index contributed by atoms with van der Waals surface area (Å²) in [5, 5.41) is 2.69. The number of nitrogens with zero attached hydrogens (tertiary/aromatic N) is 1. The van der Waals surface area contributed by atoms with Crippen LogP contribution in [0.4, 0.5) is 11.5 Å². The van der Waals surface area contributed by atoms with E-state index in [0.717, 1.165) is 12.0 Å². The Kier molecular flexibility index (Phi) is 6.46. The maximum atomic E-state index is 12.4. The Hall–Kier alpha value is -3.39. The van der Waals surface area contributed by atoms with E-state index >= 15 is 0 Å². The van der Waals surface area contributed by atoms with Crippen LogP contribution in [0.15, 0.2) is 77.8 Å². The van der Waals surface area contributed by atoms with Gasteiger partial charge in [0.15, 0.2) is 6.61 Å². The quantitative estimate of drug-likeness (QED) is 0.592. The maximum absolute atomic E-state index is 12.4. The minimum Gasteiger partial charge on any atom is -0.483 e. The predicted octanol–water partition coefficient (Wildman–Crippen LogP) is 3.46. The van der Waals surface area contributed by atoms with Crippen molar-refractivity contribution in [1.82, 2.24) is 4.98 Å². The molecule has 8 heteroatoms. The third kappa shape index (κ3) is 5.55. The molecule has 2 aromatic carbocycles. The zero-order chi connectivity index (χ0) is 20.7. The number of aryl methyl sites for hydroxylation is 1. The number of para-hydroxylation sites is 1. The standard InChI is InChI=1S/C21H21N3O4S/c1-2-16-7-3-4-8-19(16)28-15-21(25)23-17-10-12-18(13-11-17)29(26,27)24-20-9-5-6-14-22-20/h3-14H,2,15H2,1H3,(H,22,24)(H,23,25). The number of pyridine rings is 1. The highest BCUT2D eigenvalue weighted by atomic mass is 32.2. The van der Waals surface area contributed by atoms with Gasteiger partial charge in [0, 0.05) is 11.9 Å². The van der Waals surface area contributed by atoms with Gasteiger partial charge in [0.25, 0.3) is 15.9 Å². The molecular formula is C21H21N3O4S. The van der Waals surface area contributed by atoms with Gasteiger partial charge in [-0.2, -0.15) is 0 Å². The topological polar surface area (TPSA) is 97.4 Å². The van der Waals surface area contributed by atoms with Crippen molar-refractivity contribution in [2.75, 3.05) is 16.6 Å². The molecule has 0 radical (unpaired) electrons. The van der Waals surface area contributed by atoms with E-state index in [1.165, 1.54) is 30.5 Å². The number of carbonyl (C=O) groups is 1. The molecule has 0 unspecified atom stereocenters. The second-order valence-corrected chi connectivity index (χ2v) is 7.83. The molecule has 29 heavy (non-hydrogen) atoms. The van der Waals surface area contributed by atoms with E-state index in [0.29, 0.717) is 11.4 Å². The van der Waals surface area contributed by atoms with Crippen LogP contribution >= 0.6 is 0 Å². The molecule has 150 valence electrons. The van der Waals surface area contributed by atoms with Crippen molar-refractivity contribution in [2.45, 2.75) is 18.2 Å². The summed E-state index contributed by atoms with van der Waals surface area (Å²) >= 11 is 0. The average molecular weight is 411 g/mol. The van der Waals surface area contributed by atoms with E-state index in [1.54, 1.807) is 18.2 Å². The van der Waals surface area contributed by atoms with Crippen LogP contribution in [0.1, 0.15) is 12.5 Å². The molecule has 1 amide bonds. The molecular weight excluding hydrogens is 390 g/mol. The first-order chi connectivity index (χ1) is 14.0. The fourth-order valence-electron chi connectivity index (χ4n) is 2.61. The lowest BCUT2D eigenvalue weighted by molar-refractivity contribution is -0.118. The summed E-state index contributed by atoms with van der Waals surface area (Å²) in [7, 11) is -3.76. The van der Waals surface area contributed by atoms with Crippen LogP contribution in [0.25, 0.3) is 0 Å². The number of nitrogens with one attached hydrogen (secondary N) is 2. The first kappa shape index (κ1) is 20.3. The number of hydrogen-bond donors (Lipinski definition) is 2. The highest BCUT2D eigenvalue weighted by molar-refractivity contribution is 7.92. The number of sulfonamides is 1. The van der Waals surface area contributed by atoms with Gasteiger partial charge in [-0.05, 0) is 54.4 Å². The monoisotopic (exact) mass is 411 g/mol. The Morgan fingerprint density at radius 2 is 1.72 bits per heavy atom. The molecule has 0 atom stereocenters. The van der Waals surface area contributed by atoms with Crippen molar-refractivity contribution < 1.29 is 17.9 Å². The van der Waals surface area contributed by atoms with Gasteiger partial charge in [-0.25, -0.2) is 13.4 Å². The lowest BCUT2D eigenvalue weighted by Gasteiger charge is -2.11. The highest BCUT2D eigenvalue weighted by Gasteiger charge is 2.15. The molecule has 1 aromatic heterocycles. The molecule has 0 fully saturated rings. The van der Waals surface area contributed by atoms with Crippen molar-refractivity contribution in [3.05, 3.63) is 78.5 Å². The fourth-order valence-corrected chi connectivity index (χ4v) is 3.62. The highest BCUT2D eigenvalue weighted by Crippen LogP contribution is 2.19. The van der Waals surface area contributed by atoms with Crippen LogP contribution in [0.3, 0.4) is 0 Å². The van der Waals surface area contributed by atoms with Gasteiger partial charge in [-0.1, -0.05) is 31.2 Å². The van der Waals surface area contributed by atoms with Gasteiger partial charge in [0.1, 0.15) is 11.6 Å². The normalized spacial score (nSPS) is 10.9. The van der Waals surface area contributed by atoms with E-state index in [2.05, 4.69) is 15.0 Å². The summed E-state index contributed by atoms with van der Waals surface area (Å²) < 4.78 is 32.8. The van der Waals surface area contributed by atoms with Crippen molar-refractivity contribution in [2.24, 2.45) is 0 Å². The lowest BCUT2D eigenvalue weighted by Crippen LogP contribution is -2.20. The predicted molar refractivity (Wildman–Crippen MR) is 111 cm³/mol. The Morgan fingerprint density at radius 1 is 1.00 bits per heavy atom. The zero-order valence-electron chi connectivity index (χ0n) is 15.8. The van der Waals surface area contributed by atoms with Crippen molar-refractivity contribution >= 4 is 27.4 Å². The van der Waals surface area contributed by atoms with Crippen LogP contribution < -0.4 is 14.8 Å². The first-order valence-electron chi connectivity index (χ1n) is 9.02. The third-order valence-electron chi connectivity index (χ3n) is 4.06. The molecule has 2 N–H and O–H groups in total. The largest absolute Gasteiger partial charge is 0.483 e. The summed E-state index contributed by atoms with van der Waals surface area (Å²) in [6.07, 6.45) is 2.30. The summed E-state index contributed by atoms with van der Waals surface area (Å²) in [6, 6.07) is 18.3. The molecule has 1 heterocycles. The number of amides is 1. The van der Waals surface area contributed by atoms with Crippen molar-refractivity contribution in [3.8, 4) is 5.75 Å². The van der Waals surface area contributed by atoms with E-state index in [4.69, 9.17) is 4.74 Å². The molecule has 0 aliphatic heterocycles. The number of ether oxygens (including phenoxy) is 1. The number of anilines is 2. The smallest absolute Gasteiger partial charge is 0.263 e. The first-order valence-corrected chi connectivity index (χ1v) is 10.5. The minimum atomic E-state index is -3.76. The molecule has 7 nitrogen and oxygen atoms in total. The number of rotatable bonds is 8. The fraction of sp³-hybridized carbons (Fsp3) is 0.143. The summed E-state index contributed by atoms with van der Waals surface area (Å²) in [4.78, 5) is 16.1. The Balaban J connectivity index is 1.59. The molecule has 3 aromatic rings. The second kappa shape index (κ2) is 9.20. The van der Waals surface area contributed by atoms with Crippen LogP contribution in [0, 0.1) is 0 Å². The number of hydrogen-bond acceptors (Lipinski definition) is 5. The van der Waals surface area contributed by atoms with E-state index in [1.807, 2.05) is 31.2 Å². The van der Waals surface area contributed by atoms with Crippen LogP contribution in [-0.2, 0) is 21.2 Å². The van der Waals surface area contributed by atoms with E-state index < -0.39 is 10.0 Å². The zero-order valence-corrected chi connectivity index (χ0v) is 16.6. The molecule has 0 saturated heterocycles. The maximum Gasteiger partial charge on any atom is 0.263 e. The van der Waals surface area contributed by atoms with Gasteiger partial charge in [0.2, 0.25) is 0 Å². The van der Waals surface area contributed by atoms with Crippen molar-refractivity contribution in [3.63, 3.8) is 0 Å². The Bertz CT molecular complexity index is 1070. The second-order valence-electron chi connectivity index (χ2n) is 6.14. The number of aromatic nitrogens is 1. The average Bonchev–Trinajstić information content (AvgIpc) is 2.73. The number of carbonyl (C=O) groups excluding carboxylic acids is 1.